The van der Waals surface area contributed by atoms with Crippen molar-refractivity contribution in [2.24, 2.45) is 46.2 Å². The summed E-state index contributed by atoms with van der Waals surface area (Å²) in [5.41, 5.74) is 13.3. The molecule has 0 heterocycles. The van der Waals surface area contributed by atoms with Crippen molar-refractivity contribution >= 4 is 0 Å². The number of nitrogens with one attached hydrogen (secondary N) is 1. The summed E-state index contributed by atoms with van der Waals surface area (Å²) >= 11 is 0. The van der Waals surface area contributed by atoms with E-state index in [1.807, 2.05) is 0 Å². The van der Waals surface area contributed by atoms with E-state index in [9.17, 15) is 5.11 Å². The molecule has 0 aromatic heterocycles. The second kappa shape index (κ2) is 24.0. The largest absolute Gasteiger partial charge is 0.393 e. The Labute approximate surface area is 368 Å². The van der Waals surface area contributed by atoms with Gasteiger partial charge in [-0.25, -0.2) is 0 Å². The van der Waals surface area contributed by atoms with Crippen LogP contribution in [-0.2, 0) is 0 Å². The molecule has 4 aliphatic rings. The fraction of sp³-hybridized carbons (Fsp3) is 0.462. The zero-order valence-corrected chi connectivity index (χ0v) is 33.2. The van der Waals surface area contributed by atoms with Crippen molar-refractivity contribution in [1.82, 2.24) is 0 Å². The molecule has 0 aliphatic heterocycles. The van der Waals surface area contributed by atoms with Crippen molar-refractivity contribution in [2.75, 3.05) is 0 Å². The first kappa shape index (κ1) is 45.7. The molecule has 320 valence electrons. The molecule has 4 rings (SSSR count). The number of aliphatic hydroxyl groups excluding tert-OH is 1. The van der Waals surface area contributed by atoms with Gasteiger partial charge < -0.3 is 10.8 Å². The Morgan fingerprint density at radius 1 is 0.732 bits per heavy atom. The Morgan fingerprint density at radius 3 is 1.57 bits per heavy atom. The standard InChI is InChI=1S/C26H45NO.C26H2.HNO.21H2/c1-17(10-13-24(2,3)27)21-8-9-22-20-7-6-18-16-19(28)11-14-25(18,4)23(20)12-15-26(21,22)5;1-3-5-7-9-11-13-15-17-19-21-23-25-26-24-22-20-18-16-14-12-10-8-6-4-2;1-2;;;;;;;;;;;;;;;;;;;;;/h6,17,19-23,28H,7-16,27H2,1-5H3;1-2H;1H;21*1H/t17-,19+,20+,21-,22+,23+,25+,26-;;;;;;;;;;;;;;;;;;;;;;;/m1......................./s1. The minimum Gasteiger partial charge on any atom is -0.393 e. The molecule has 3 fully saturated rings. The van der Waals surface area contributed by atoms with Crippen LogP contribution in [0.1, 0.15) is 129 Å². The second-order valence-corrected chi connectivity index (χ2v) is 15.4. The molecule has 4 nitrogen and oxygen atoms in total. The molecule has 56 heavy (non-hydrogen) atoms. The van der Waals surface area contributed by atoms with Gasteiger partial charge in [-0.1, -0.05) is 38.0 Å². The minimum atomic E-state index is -0.0896. The van der Waals surface area contributed by atoms with E-state index in [0.717, 1.165) is 48.9 Å². The Bertz CT molecular complexity index is 2240. The zero-order chi connectivity index (χ0) is 41.3. The third-order valence-electron chi connectivity index (χ3n) is 11.5. The number of terminal acetylenes is 2. The molecule has 0 unspecified atom stereocenters. The van der Waals surface area contributed by atoms with E-state index in [2.05, 4.69) is 188 Å². The number of nitroso groups, excluding NO2 is 1. The van der Waals surface area contributed by atoms with E-state index in [0.29, 0.717) is 10.8 Å². The van der Waals surface area contributed by atoms with Gasteiger partial charge in [0.05, 0.1) is 6.10 Å². The van der Waals surface area contributed by atoms with Gasteiger partial charge >= 0.3 is 0 Å². The molecular formula is C52H90N2O2. The first-order chi connectivity index (χ1) is 27.0. The number of allylic oxidation sites excluding steroid dienone is 1. The van der Waals surface area contributed by atoms with Crippen molar-refractivity contribution in [1.29, 1.82) is 5.59 Å². The average molecular weight is 775 g/mol. The van der Waals surface area contributed by atoms with E-state index in [-0.39, 0.29) is 41.6 Å². The first-order valence-corrected chi connectivity index (χ1v) is 18.7. The number of aliphatic hydroxyl groups is 1. The van der Waals surface area contributed by atoms with Crippen LogP contribution in [0.5, 0.6) is 0 Å². The van der Waals surface area contributed by atoms with Gasteiger partial charge in [0.1, 0.15) is 0 Å². The molecule has 8 atom stereocenters. The third kappa shape index (κ3) is 14.4. The average Bonchev–Trinajstić information content (AvgIpc) is 3.54. The first-order valence-electron chi connectivity index (χ1n) is 18.7. The third-order valence-corrected chi connectivity index (χ3v) is 11.5. The summed E-state index contributed by atoms with van der Waals surface area (Å²) in [4.78, 5) is 7.50. The lowest BCUT2D eigenvalue weighted by Gasteiger charge is -2.58. The molecule has 0 saturated heterocycles. The summed E-state index contributed by atoms with van der Waals surface area (Å²) in [6.07, 6.45) is 24.9. The van der Waals surface area contributed by atoms with E-state index >= 15 is 0 Å². The van der Waals surface area contributed by atoms with Crippen molar-refractivity contribution < 1.29 is 35.1 Å². The van der Waals surface area contributed by atoms with E-state index in [4.69, 9.17) is 23.5 Å². The van der Waals surface area contributed by atoms with Crippen LogP contribution in [0.4, 0.5) is 0 Å². The highest BCUT2D eigenvalue weighted by Gasteiger charge is 2.59. The quantitative estimate of drug-likeness (QED) is 0.151. The van der Waals surface area contributed by atoms with Crippen LogP contribution >= 0.6 is 0 Å². The Morgan fingerprint density at radius 2 is 1.16 bits per heavy atom. The van der Waals surface area contributed by atoms with Crippen LogP contribution in [0.2, 0.25) is 0 Å². The number of hydrogen-bond acceptors (Lipinski definition) is 4. The monoisotopic (exact) mass is 775 g/mol. The molecule has 0 aromatic carbocycles. The lowest BCUT2D eigenvalue weighted by atomic mass is 9.47. The Hall–Kier alpha value is -6.46. The van der Waals surface area contributed by atoms with Gasteiger partial charge in [0.25, 0.3) is 0 Å². The maximum Gasteiger partial charge on any atom is 0.0577 e. The van der Waals surface area contributed by atoms with Crippen molar-refractivity contribution in [2.45, 2.75) is 110 Å². The van der Waals surface area contributed by atoms with Gasteiger partial charge in [0.15, 0.2) is 0 Å². The maximum atomic E-state index is 10.2. The smallest absolute Gasteiger partial charge is 0.0577 e. The predicted molar refractivity (Wildman–Crippen MR) is 272 cm³/mol. The Balaban J connectivity index is -0.0000000360. The molecule has 0 aromatic rings. The highest BCUT2D eigenvalue weighted by Crippen LogP contribution is 2.67. The lowest BCUT2D eigenvalue weighted by molar-refractivity contribution is -0.0574. The van der Waals surface area contributed by atoms with Crippen LogP contribution in [-0.4, -0.2) is 16.7 Å². The second-order valence-electron chi connectivity index (χ2n) is 15.4. The highest BCUT2D eigenvalue weighted by molar-refractivity contribution is 5.48. The fourth-order valence-corrected chi connectivity index (χ4v) is 9.12. The fourth-order valence-electron chi connectivity index (χ4n) is 9.12. The molecular weight excluding hydrogens is 685 g/mol. The summed E-state index contributed by atoms with van der Waals surface area (Å²) in [5.74, 6) is 62.5. The highest BCUT2D eigenvalue weighted by atomic mass is 16.3. The molecule has 4 N–H and O–H groups in total. The van der Waals surface area contributed by atoms with Crippen LogP contribution in [0, 0.1) is 206 Å². The molecule has 4 heteroatoms. The van der Waals surface area contributed by atoms with Crippen LogP contribution in [0.15, 0.2) is 11.6 Å². The van der Waals surface area contributed by atoms with Gasteiger partial charge in [0.2, 0.25) is 0 Å². The van der Waals surface area contributed by atoms with Gasteiger partial charge in [-0.2, -0.15) is 4.91 Å². The van der Waals surface area contributed by atoms with E-state index in [1.54, 1.807) is 5.57 Å². The number of rotatable bonds is 4. The topological polar surface area (TPSA) is 87.2 Å². The summed E-state index contributed by atoms with van der Waals surface area (Å²) in [6.45, 7) is 12.1. The van der Waals surface area contributed by atoms with Gasteiger partial charge in [-0.3, -0.25) is 0 Å². The number of hydrogen-bond donors (Lipinski definition) is 3. The van der Waals surface area contributed by atoms with Crippen LogP contribution in [0.25, 0.3) is 0 Å². The number of nitrogens with two attached hydrogens (primary N) is 1. The van der Waals surface area contributed by atoms with Crippen molar-refractivity contribution in [3.05, 3.63) is 16.6 Å². The summed E-state index contributed by atoms with van der Waals surface area (Å²) in [7, 11) is 0. The lowest BCUT2D eigenvalue weighted by Crippen LogP contribution is -2.50. The molecule has 0 bridgehead atoms. The van der Waals surface area contributed by atoms with Crippen molar-refractivity contribution in [3.8, 4) is 155 Å². The molecule has 0 amide bonds. The molecule has 0 radical (unpaired) electrons. The normalized spacial score (nSPS) is 25.3. The maximum absolute atomic E-state index is 10.2. The SMILES string of the molecule is C#CC#CC#CC#CC#CC#CC#CC#CC#CC#CC#CC#CC#C.C[C@H](CCC(C)(C)N)[C@H]1CC[C@H]2[C@@H]3CC=C4C[C@@H](O)CC[C@]4(C)[C@H]3CC[C@]12C.N=O.[HH].[HH].[HH].[HH].[HH].[HH].[HH].[HH].[HH].[HH].[HH].[HH].[HH].[HH].[HH].[HH].[HH].[HH].[HH].[HH].[HH]. The van der Waals surface area contributed by atoms with E-state index < -0.39 is 0 Å². The van der Waals surface area contributed by atoms with Gasteiger partial charge in [0, 0.05) is 82.9 Å². The van der Waals surface area contributed by atoms with E-state index in [1.165, 1.54) is 44.9 Å². The summed E-state index contributed by atoms with van der Waals surface area (Å²) in [5, 5.41) is 10.2. The van der Waals surface area contributed by atoms with Crippen molar-refractivity contribution in [3.63, 3.8) is 0 Å². The minimum absolute atomic E-state index is 0. The van der Waals surface area contributed by atoms with Crippen LogP contribution in [0.3, 0.4) is 0 Å². The summed E-state index contributed by atoms with van der Waals surface area (Å²) < 4.78 is 0. The zero-order valence-electron chi connectivity index (χ0n) is 33.2. The number of fused-ring (bicyclic) bond motifs is 5. The molecule has 0 spiro atoms. The Kier molecular flexibility index (Phi) is 19.6. The summed E-state index contributed by atoms with van der Waals surface area (Å²) in [6, 6.07) is 0. The van der Waals surface area contributed by atoms with Gasteiger partial charge in [-0.05, 0) is 213 Å². The van der Waals surface area contributed by atoms with Gasteiger partial charge in [-0.15, -0.1) is 12.8 Å². The van der Waals surface area contributed by atoms with Crippen LogP contribution < -0.4 is 5.73 Å². The molecule has 4 aliphatic carbocycles. The predicted octanol–water partition coefficient (Wildman–Crippen LogP) is 11.9. The molecule has 3 saturated carbocycles.